The molecule has 8 heteroatoms. The van der Waals surface area contributed by atoms with Crippen LogP contribution in [0.15, 0.2) is 4.99 Å². The second kappa shape index (κ2) is 11.4. The summed E-state index contributed by atoms with van der Waals surface area (Å²) in [6.07, 6.45) is 2.32. The molecule has 1 N–H and O–H groups in total. The van der Waals surface area contributed by atoms with Gasteiger partial charge in [-0.2, -0.15) is 12.6 Å². The average Bonchev–Trinajstić information content (AvgIpc) is 3.06. The molecule has 0 aromatic carbocycles. The number of nitrogens with one attached hydrogen (secondary N) is 1. The highest BCUT2D eigenvalue weighted by Crippen LogP contribution is 2.21. The van der Waals surface area contributed by atoms with Crippen molar-refractivity contribution in [3.8, 4) is 0 Å². The molecular formula is C17H32N4O3S. The van der Waals surface area contributed by atoms with Crippen LogP contribution in [0.1, 0.15) is 33.1 Å². The number of rotatable bonds is 8. The third-order valence-electron chi connectivity index (χ3n) is 4.05. The predicted molar refractivity (Wildman–Crippen MR) is 103 cm³/mol. The number of likely N-dealkylation sites (tertiary alicyclic amines) is 1. The van der Waals surface area contributed by atoms with Crippen molar-refractivity contribution in [2.45, 2.75) is 39.2 Å². The standard InChI is InChI=1S/C17H32N4O3S/c1-5-18-17(19-9-7-10-20(3)4)24-16(23)14-8-6-11-21(14)15(22)13(2)12-25/h13-14,25H,5-12H2,1-4H3,(H,18,19). The Morgan fingerprint density at radius 2 is 2.16 bits per heavy atom. The van der Waals surface area contributed by atoms with Gasteiger partial charge < -0.3 is 19.9 Å². The fourth-order valence-corrected chi connectivity index (χ4v) is 2.80. The van der Waals surface area contributed by atoms with Gasteiger partial charge in [0.2, 0.25) is 5.91 Å². The SMILES string of the molecule is CCNC(=NCCCN(C)C)OC(=O)C1CCCN1C(=O)C(C)CS. The molecule has 0 bridgehead atoms. The summed E-state index contributed by atoms with van der Waals surface area (Å²) in [4.78, 5) is 33.0. The van der Waals surface area contributed by atoms with Gasteiger partial charge in [-0.1, -0.05) is 6.92 Å². The zero-order valence-corrected chi connectivity index (χ0v) is 16.7. The van der Waals surface area contributed by atoms with E-state index < -0.39 is 12.0 Å². The van der Waals surface area contributed by atoms with E-state index in [1.165, 1.54) is 0 Å². The second-order valence-electron chi connectivity index (χ2n) is 6.57. The number of aliphatic imine (C=N–C) groups is 1. The molecule has 25 heavy (non-hydrogen) atoms. The number of amidine groups is 1. The molecule has 7 nitrogen and oxygen atoms in total. The lowest BCUT2D eigenvalue weighted by Gasteiger charge is -2.25. The number of esters is 1. The van der Waals surface area contributed by atoms with E-state index in [4.69, 9.17) is 4.74 Å². The topological polar surface area (TPSA) is 74.2 Å². The number of hydrogen-bond donors (Lipinski definition) is 2. The summed E-state index contributed by atoms with van der Waals surface area (Å²) in [5, 5.41) is 2.98. The van der Waals surface area contributed by atoms with Crippen molar-refractivity contribution < 1.29 is 14.3 Å². The van der Waals surface area contributed by atoms with Crippen molar-refractivity contribution in [3.05, 3.63) is 0 Å². The maximum absolute atomic E-state index is 12.5. The summed E-state index contributed by atoms with van der Waals surface area (Å²) in [5.41, 5.74) is 0. The maximum Gasteiger partial charge on any atom is 0.336 e. The Balaban J connectivity index is 2.65. The molecular weight excluding hydrogens is 340 g/mol. The highest BCUT2D eigenvalue weighted by atomic mass is 32.1. The third-order valence-corrected chi connectivity index (χ3v) is 4.60. The molecule has 1 saturated heterocycles. The van der Waals surface area contributed by atoms with E-state index >= 15 is 0 Å². The van der Waals surface area contributed by atoms with Crippen molar-refractivity contribution in [3.63, 3.8) is 0 Å². The fraction of sp³-hybridized carbons (Fsp3) is 0.824. The van der Waals surface area contributed by atoms with Crippen LogP contribution < -0.4 is 5.32 Å². The number of nitrogens with zero attached hydrogens (tertiary/aromatic N) is 3. The number of carbonyl (C=O) groups is 2. The number of ether oxygens (including phenoxy) is 1. The first-order chi connectivity index (χ1) is 11.9. The largest absolute Gasteiger partial charge is 0.391 e. The van der Waals surface area contributed by atoms with E-state index in [9.17, 15) is 9.59 Å². The van der Waals surface area contributed by atoms with Crippen molar-refractivity contribution in [2.75, 3.05) is 46.0 Å². The molecule has 0 aromatic rings. The van der Waals surface area contributed by atoms with Crippen molar-refractivity contribution in [1.29, 1.82) is 0 Å². The van der Waals surface area contributed by atoms with Crippen molar-refractivity contribution >= 4 is 30.5 Å². The van der Waals surface area contributed by atoms with Crippen LogP contribution in [0.2, 0.25) is 0 Å². The van der Waals surface area contributed by atoms with E-state index in [1.54, 1.807) is 4.90 Å². The van der Waals surface area contributed by atoms with Gasteiger partial charge in [0.15, 0.2) is 0 Å². The highest BCUT2D eigenvalue weighted by Gasteiger charge is 2.37. The minimum Gasteiger partial charge on any atom is -0.391 e. The summed E-state index contributed by atoms with van der Waals surface area (Å²) < 4.78 is 5.45. The molecule has 1 fully saturated rings. The van der Waals surface area contributed by atoms with Crippen LogP contribution >= 0.6 is 12.6 Å². The molecule has 0 spiro atoms. The Bertz CT molecular complexity index is 471. The number of hydrogen-bond acceptors (Lipinski definition) is 6. The minimum absolute atomic E-state index is 0.0395. The van der Waals surface area contributed by atoms with Crippen LogP contribution in [0, 0.1) is 5.92 Å². The number of amides is 1. The molecule has 2 atom stereocenters. The maximum atomic E-state index is 12.5. The van der Waals surface area contributed by atoms with E-state index in [-0.39, 0.29) is 17.8 Å². The van der Waals surface area contributed by atoms with Gasteiger partial charge in [0.1, 0.15) is 6.04 Å². The van der Waals surface area contributed by atoms with E-state index in [2.05, 4.69) is 27.8 Å². The summed E-state index contributed by atoms with van der Waals surface area (Å²) in [6, 6.07) is -0.284. The monoisotopic (exact) mass is 372 g/mol. The van der Waals surface area contributed by atoms with Crippen molar-refractivity contribution in [1.82, 2.24) is 15.1 Å². The second-order valence-corrected chi connectivity index (χ2v) is 6.93. The molecule has 1 amide bonds. The van der Waals surface area contributed by atoms with Gasteiger partial charge in [-0.05, 0) is 46.8 Å². The quantitative estimate of drug-likeness (QED) is 0.219. The van der Waals surface area contributed by atoms with Crippen LogP contribution in [0.4, 0.5) is 0 Å². The summed E-state index contributed by atoms with van der Waals surface area (Å²) in [7, 11) is 4.01. The van der Waals surface area contributed by atoms with Crippen LogP contribution in [-0.4, -0.2) is 79.8 Å². The molecule has 144 valence electrons. The first kappa shape index (κ1) is 21.8. The summed E-state index contributed by atoms with van der Waals surface area (Å²) in [6.45, 7) is 6.45. The Kier molecular flexibility index (Phi) is 9.89. The van der Waals surface area contributed by atoms with Gasteiger partial charge in [0.05, 0.1) is 0 Å². The zero-order valence-electron chi connectivity index (χ0n) is 15.8. The lowest BCUT2D eigenvalue weighted by molar-refractivity contribution is -0.148. The smallest absolute Gasteiger partial charge is 0.336 e. The molecule has 1 aliphatic heterocycles. The number of carbonyl (C=O) groups excluding carboxylic acids is 2. The molecule has 0 saturated carbocycles. The first-order valence-corrected chi connectivity index (χ1v) is 9.60. The van der Waals surface area contributed by atoms with Gasteiger partial charge in [0.25, 0.3) is 6.02 Å². The van der Waals surface area contributed by atoms with E-state index in [0.717, 1.165) is 19.4 Å². The summed E-state index contributed by atoms with van der Waals surface area (Å²) in [5.74, 6) is -0.191. The molecule has 1 rings (SSSR count). The highest BCUT2D eigenvalue weighted by molar-refractivity contribution is 7.80. The van der Waals surface area contributed by atoms with Gasteiger partial charge in [0, 0.05) is 31.3 Å². The van der Waals surface area contributed by atoms with Crippen molar-refractivity contribution in [2.24, 2.45) is 10.9 Å². The Labute approximate surface area is 156 Å². The lowest BCUT2D eigenvalue weighted by atomic mass is 10.1. The minimum atomic E-state index is -0.527. The van der Waals surface area contributed by atoms with Crippen LogP contribution in [0.3, 0.4) is 0 Å². The average molecular weight is 373 g/mol. The van der Waals surface area contributed by atoms with Gasteiger partial charge in [-0.25, -0.2) is 9.79 Å². The normalized spacial score (nSPS) is 19.2. The molecule has 0 aromatic heterocycles. The molecule has 1 heterocycles. The predicted octanol–water partition coefficient (Wildman–Crippen LogP) is 1.00. The van der Waals surface area contributed by atoms with Gasteiger partial charge in [-0.3, -0.25) is 4.79 Å². The number of thiol groups is 1. The van der Waals surface area contributed by atoms with Crippen LogP contribution in [-0.2, 0) is 14.3 Å². The third kappa shape index (κ3) is 7.23. The molecule has 1 aliphatic rings. The van der Waals surface area contributed by atoms with E-state index in [0.29, 0.717) is 31.8 Å². The zero-order chi connectivity index (χ0) is 18.8. The molecule has 0 aliphatic carbocycles. The first-order valence-electron chi connectivity index (χ1n) is 8.96. The van der Waals surface area contributed by atoms with Crippen LogP contribution in [0.25, 0.3) is 0 Å². The fourth-order valence-electron chi connectivity index (χ4n) is 2.64. The van der Waals surface area contributed by atoms with Gasteiger partial charge in [-0.15, -0.1) is 0 Å². The van der Waals surface area contributed by atoms with Crippen LogP contribution in [0.5, 0.6) is 0 Å². The summed E-state index contributed by atoms with van der Waals surface area (Å²) >= 11 is 4.18. The Hall–Kier alpha value is -1.28. The lowest BCUT2D eigenvalue weighted by Crippen LogP contribution is -2.45. The Morgan fingerprint density at radius 3 is 2.76 bits per heavy atom. The van der Waals surface area contributed by atoms with E-state index in [1.807, 2.05) is 27.9 Å². The molecule has 0 radical (unpaired) electrons. The van der Waals surface area contributed by atoms with Gasteiger partial charge >= 0.3 is 5.97 Å². The Morgan fingerprint density at radius 1 is 1.44 bits per heavy atom. The molecule has 2 unspecified atom stereocenters.